The van der Waals surface area contributed by atoms with Crippen molar-refractivity contribution in [1.82, 2.24) is 0 Å². The molecule has 0 aromatic heterocycles. The van der Waals surface area contributed by atoms with Crippen LogP contribution in [0.2, 0.25) is 0 Å². The number of rotatable bonds is 0. The molecular formula is C38H46O2S2. The highest BCUT2D eigenvalue weighted by Gasteiger charge is 2.26. The van der Waals surface area contributed by atoms with Gasteiger partial charge in [-0.25, -0.2) is 0 Å². The Hall–Kier alpha value is -1.98. The lowest BCUT2D eigenvalue weighted by Crippen LogP contribution is -2.29. The zero-order valence-corrected chi connectivity index (χ0v) is 27.6. The normalized spacial score (nSPS) is 23.2. The smallest absolute Gasteiger partial charge is 0.162 e. The lowest BCUT2D eigenvalue weighted by Gasteiger charge is -2.32. The van der Waals surface area contributed by atoms with Crippen molar-refractivity contribution in [3.05, 3.63) is 94.0 Å². The molecule has 7 rings (SSSR count). The zero-order chi connectivity index (χ0) is 29.5. The van der Waals surface area contributed by atoms with E-state index in [4.69, 9.17) is 4.74 Å². The third-order valence-electron chi connectivity index (χ3n) is 9.36. The number of aliphatic hydroxyl groups is 1. The van der Waals surface area contributed by atoms with E-state index >= 15 is 0 Å². The Balaban J connectivity index is 1.49. The van der Waals surface area contributed by atoms with E-state index in [1.807, 2.05) is 28.5 Å². The molecule has 0 amide bonds. The van der Waals surface area contributed by atoms with Crippen molar-refractivity contribution in [3.63, 3.8) is 0 Å². The zero-order valence-electron chi connectivity index (χ0n) is 26.0. The molecule has 2 nitrogen and oxygen atoms in total. The molecule has 3 aliphatic heterocycles. The van der Waals surface area contributed by atoms with E-state index < -0.39 is 5.79 Å². The summed E-state index contributed by atoms with van der Waals surface area (Å²) < 4.78 is 6.08. The molecule has 1 atom stereocenters. The Labute approximate surface area is 260 Å². The number of hydrogen-bond donors (Lipinski definition) is 1. The van der Waals surface area contributed by atoms with Gasteiger partial charge in [-0.05, 0) is 111 Å². The van der Waals surface area contributed by atoms with E-state index in [2.05, 4.69) is 88.4 Å². The third kappa shape index (κ3) is 7.21. The van der Waals surface area contributed by atoms with E-state index in [1.165, 1.54) is 67.8 Å². The van der Waals surface area contributed by atoms with Crippen LogP contribution in [-0.4, -0.2) is 17.5 Å². The van der Waals surface area contributed by atoms with Crippen molar-refractivity contribution < 1.29 is 9.84 Å². The fourth-order valence-corrected chi connectivity index (χ4v) is 9.03. The monoisotopic (exact) mass is 598 g/mol. The summed E-state index contributed by atoms with van der Waals surface area (Å²) in [6.45, 7) is 12.1. The van der Waals surface area contributed by atoms with Crippen LogP contribution in [0, 0.1) is 10.8 Å². The molecule has 1 unspecified atom stereocenters. The van der Waals surface area contributed by atoms with Gasteiger partial charge in [-0.2, -0.15) is 0 Å². The van der Waals surface area contributed by atoms with Crippen molar-refractivity contribution in [1.29, 1.82) is 0 Å². The maximum absolute atomic E-state index is 11.1. The number of hydrogen-bond acceptors (Lipinski definition) is 4. The van der Waals surface area contributed by atoms with Crippen LogP contribution in [0.1, 0.15) is 87.3 Å². The van der Waals surface area contributed by atoms with Gasteiger partial charge < -0.3 is 9.84 Å². The second-order valence-electron chi connectivity index (χ2n) is 14.6. The molecular weight excluding hydrogens is 553 g/mol. The second kappa shape index (κ2) is 11.8. The van der Waals surface area contributed by atoms with Crippen molar-refractivity contribution in [2.75, 3.05) is 6.61 Å². The van der Waals surface area contributed by atoms with Gasteiger partial charge in [-0.1, -0.05) is 110 Å². The summed E-state index contributed by atoms with van der Waals surface area (Å²) in [7, 11) is 3.95. The van der Waals surface area contributed by atoms with E-state index in [0.717, 1.165) is 37.2 Å². The van der Waals surface area contributed by atoms with E-state index in [0.29, 0.717) is 13.0 Å². The quantitative estimate of drug-likeness (QED) is 0.204. The van der Waals surface area contributed by atoms with Gasteiger partial charge in [0.05, 0.1) is 6.61 Å². The second-order valence-corrected chi connectivity index (χ2v) is 17.1. The number of fused-ring (bicyclic) bond motifs is 8. The fourth-order valence-electron chi connectivity index (χ4n) is 6.87. The minimum absolute atomic E-state index is 0.220. The first-order chi connectivity index (χ1) is 19.9. The van der Waals surface area contributed by atoms with Crippen LogP contribution in [0.15, 0.2) is 60.7 Å². The molecule has 0 aliphatic carbocycles. The number of aryl methyl sites for hydroxylation is 1. The molecule has 0 saturated carbocycles. The molecule has 3 aliphatic rings. The van der Waals surface area contributed by atoms with Crippen LogP contribution >= 0.6 is 21.6 Å². The fraction of sp³-hybridized carbons (Fsp3) is 0.474. The number of ether oxygens (including phenoxy) is 1. The maximum Gasteiger partial charge on any atom is 0.162 e. The Morgan fingerprint density at radius 1 is 0.595 bits per heavy atom. The van der Waals surface area contributed by atoms with Crippen LogP contribution in [0.3, 0.4) is 0 Å². The highest BCUT2D eigenvalue weighted by Crippen LogP contribution is 2.40. The van der Waals surface area contributed by atoms with Gasteiger partial charge in [0.2, 0.25) is 0 Å². The van der Waals surface area contributed by atoms with Gasteiger partial charge in [-0.3, -0.25) is 0 Å². The topological polar surface area (TPSA) is 29.5 Å². The van der Waals surface area contributed by atoms with Gasteiger partial charge in [-0.15, -0.1) is 0 Å². The summed E-state index contributed by atoms with van der Waals surface area (Å²) in [5, 5.41) is 16.5. The Morgan fingerprint density at radius 2 is 1.21 bits per heavy atom. The predicted molar refractivity (Wildman–Crippen MR) is 183 cm³/mol. The molecule has 1 N–H and O–H groups in total. The van der Waals surface area contributed by atoms with E-state index in [1.54, 1.807) is 0 Å². The minimum Gasteiger partial charge on any atom is -0.366 e. The average molecular weight is 599 g/mol. The van der Waals surface area contributed by atoms with Gasteiger partial charge in [0.1, 0.15) is 0 Å². The minimum atomic E-state index is -1.15. The van der Waals surface area contributed by atoms with Crippen LogP contribution in [0.4, 0.5) is 0 Å². The van der Waals surface area contributed by atoms with Gasteiger partial charge in [0.15, 0.2) is 5.79 Å². The van der Waals surface area contributed by atoms with Crippen LogP contribution in [0.25, 0.3) is 21.5 Å². The summed E-state index contributed by atoms with van der Waals surface area (Å²) >= 11 is 0. The first kappa shape index (κ1) is 30.1. The van der Waals surface area contributed by atoms with E-state index in [-0.39, 0.29) is 10.8 Å². The van der Waals surface area contributed by atoms with Gasteiger partial charge in [0.25, 0.3) is 0 Å². The first-order valence-electron chi connectivity index (χ1n) is 15.6. The lowest BCUT2D eigenvalue weighted by atomic mass is 9.73. The molecule has 222 valence electrons. The molecule has 0 radical (unpaired) electrons. The van der Waals surface area contributed by atoms with Crippen molar-refractivity contribution in [3.8, 4) is 0 Å². The summed E-state index contributed by atoms with van der Waals surface area (Å²) in [5.74, 6) is 0.804. The van der Waals surface area contributed by atoms with Crippen molar-refractivity contribution in [2.24, 2.45) is 10.8 Å². The Morgan fingerprint density at radius 3 is 1.98 bits per heavy atom. The molecule has 3 heterocycles. The van der Waals surface area contributed by atoms with Gasteiger partial charge in [0, 0.05) is 17.9 Å². The Kier molecular flexibility index (Phi) is 8.48. The summed E-state index contributed by atoms with van der Waals surface area (Å²) in [6.07, 6.45) is 6.74. The predicted octanol–water partition coefficient (Wildman–Crippen LogP) is 10.2. The highest BCUT2D eigenvalue weighted by molar-refractivity contribution is 8.76. The van der Waals surface area contributed by atoms with Gasteiger partial charge >= 0.3 is 0 Å². The maximum atomic E-state index is 11.1. The third-order valence-corrected chi connectivity index (χ3v) is 11.6. The standard InChI is InChI=1S/C38H46O2S2/c1-36(2)13-14-37(3,4)23-29-19-31-16-26-7-9-34(31)32(20-29)24-41-42-25-33-18-27(10-12-38(5,39)40-15-11-26)17-30-8-6-28(22-36)21-35(30)33/h6-9,16-21,39H,10-15,22-25H2,1-5H3. The molecule has 42 heavy (non-hydrogen) atoms. The largest absolute Gasteiger partial charge is 0.366 e. The van der Waals surface area contributed by atoms with Crippen LogP contribution in [0.5, 0.6) is 0 Å². The number of benzene rings is 4. The molecule has 4 heteroatoms. The summed E-state index contributed by atoms with van der Waals surface area (Å²) in [6, 6.07) is 23.7. The van der Waals surface area contributed by atoms with Crippen molar-refractivity contribution >= 4 is 43.1 Å². The van der Waals surface area contributed by atoms with E-state index in [9.17, 15) is 5.11 Å². The Bertz CT molecular complexity index is 1600. The molecule has 0 fully saturated rings. The highest BCUT2D eigenvalue weighted by atomic mass is 33.1. The SMILES string of the molecule is CC1(C)CCC(C)(C)Cc2ccc3cc4cc(c3c2)CSSCc2cc(cc3cc(ccc23)CCOC(C)(O)CC4)C1. The van der Waals surface area contributed by atoms with Crippen LogP contribution < -0.4 is 0 Å². The van der Waals surface area contributed by atoms with Crippen LogP contribution in [-0.2, 0) is 41.9 Å². The lowest BCUT2D eigenvalue weighted by molar-refractivity contribution is -0.192. The van der Waals surface area contributed by atoms with Crippen molar-refractivity contribution in [2.45, 2.75) is 96.9 Å². The summed E-state index contributed by atoms with van der Waals surface area (Å²) in [5.41, 5.74) is 8.71. The molecule has 0 spiro atoms. The molecule has 4 aromatic rings. The molecule has 0 saturated heterocycles. The average Bonchev–Trinajstić information content (AvgIpc) is 2.92. The summed E-state index contributed by atoms with van der Waals surface area (Å²) in [4.78, 5) is 0. The molecule has 4 aromatic carbocycles. The first-order valence-corrected chi connectivity index (χ1v) is 18.1. The molecule has 9 bridgehead atoms.